The van der Waals surface area contributed by atoms with Crippen LogP contribution in [0.2, 0.25) is 5.02 Å². The molecule has 1 saturated carbocycles. The van der Waals surface area contributed by atoms with Crippen molar-refractivity contribution in [3.05, 3.63) is 69.5 Å². The molecule has 1 N–H and O–H groups in total. The van der Waals surface area contributed by atoms with E-state index in [2.05, 4.69) is 15.7 Å². The lowest BCUT2D eigenvalue weighted by atomic mass is 9.66. The van der Waals surface area contributed by atoms with Crippen LogP contribution < -0.4 is 14.4 Å². The Balaban J connectivity index is 1.44. The van der Waals surface area contributed by atoms with E-state index in [0.717, 1.165) is 56.3 Å². The Kier molecular flexibility index (Phi) is 7.83. The van der Waals surface area contributed by atoms with E-state index in [4.69, 9.17) is 16.3 Å². The van der Waals surface area contributed by atoms with E-state index in [-0.39, 0.29) is 28.2 Å². The molecular weight excluding hydrogens is 563 g/mol. The maximum atomic E-state index is 15.3. The number of amides is 1. The lowest BCUT2D eigenvalue weighted by Crippen LogP contribution is -2.43. The zero-order chi connectivity index (χ0) is 28.9. The number of hydrogen-bond acceptors (Lipinski definition) is 5. The number of anilines is 1. The van der Waals surface area contributed by atoms with Gasteiger partial charge in [0.15, 0.2) is 0 Å². The molecule has 0 radical (unpaired) electrons. The maximum absolute atomic E-state index is 15.3. The summed E-state index contributed by atoms with van der Waals surface area (Å²) < 4.78 is 50.4. The predicted molar refractivity (Wildman–Crippen MR) is 159 cm³/mol. The van der Waals surface area contributed by atoms with Gasteiger partial charge in [-0.1, -0.05) is 36.2 Å². The zero-order valence-corrected chi connectivity index (χ0v) is 25.2. The fraction of sp³-hybridized carbons (Fsp3) is 0.531. The summed E-state index contributed by atoms with van der Waals surface area (Å²) in [5, 5.41) is -0.588. The molecule has 41 heavy (non-hydrogen) atoms. The minimum absolute atomic E-state index is 0.0978. The highest BCUT2D eigenvalue weighted by molar-refractivity contribution is 7.90. The van der Waals surface area contributed by atoms with Gasteiger partial charge in [-0.3, -0.25) is 4.79 Å². The molecule has 2 aromatic rings. The summed E-state index contributed by atoms with van der Waals surface area (Å²) in [6.45, 7) is 5.27. The molecule has 0 spiro atoms. The van der Waals surface area contributed by atoms with Gasteiger partial charge in [-0.25, -0.2) is 17.5 Å². The Hall–Kier alpha value is -2.58. The van der Waals surface area contributed by atoms with E-state index in [1.807, 2.05) is 13.0 Å². The monoisotopic (exact) mass is 600 g/mol. The highest BCUT2D eigenvalue weighted by Crippen LogP contribution is 2.46. The van der Waals surface area contributed by atoms with Gasteiger partial charge >= 0.3 is 0 Å². The van der Waals surface area contributed by atoms with Gasteiger partial charge < -0.3 is 9.64 Å². The second-order valence-corrected chi connectivity index (χ2v) is 14.8. The van der Waals surface area contributed by atoms with Gasteiger partial charge in [0, 0.05) is 18.7 Å². The zero-order valence-electron chi connectivity index (χ0n) is 23.7. The van der Waals surface area contributed by atoms with Crippen LogP contribution in [0.15, 0.2) is 42.0 Å². The van der Waals surface area contributed by atoms with Gasteiger partial charge in [0.05, 0.1) is 22.6 Å². The molecule has 2 aliphatic carbocycles. The van der Waals surface area contributed by atoms with Gasteiger partial charge in [-0.15, -0.1) is 0 Å². The number of ether oxygens (including phenoxy) is 1. The summed E-state index contributed by atoms with van der Waals surface area (Å²) in [4.78, 5) is 15.6. The maximum Gasteiger partial charge on any atom is 0.264 e. The molecule has 1 amide bonds. The quantitative estimate of drug-likeness (QED) is 0.342. The van der Waals surface area contributed by atoms with Gasteiger partial charge in [0.25, 0.3) is 5.91 Å². The molecule has 9 heteroatoms. The van der Waals surface area contributed by atoms with Crippen molar-refractivity contribution in [3.63, 3.8) is 0 Å². The molecule has 220 valence electrons. The first kappa shape index (κ1) is 28.5. The molecule has 7 rings (SSSR count). The van der Waals surface area contributed by atoms with E-state index >= 15 is 4.39 Å². The minimum Gasteiger partial charge on any atom is -0.491 e. The third kappa shape index (κ3) is 5.62. The second kappa shape index (κ2) is 11.3. The van der Waals surface area contributed by atoms with Crippen molar-refractivity contribution in [2.24, 2.45) is 23.7 Å². The summed E-state index contributed by atoms with van der Waals surface area (Å²) in [6.07, 6.45) is 8.53. The lowest BCUT2D eigenvalue weighted by molar-refractivity contribution is 0.0980. The molecule has 0 saturated heterocycles. The number of fused-ring (bicyclic) bond motifs is 5. The molecule has 5 atom stereocenters. The number of nitrogens with one attached hydrogen (secondary N) is 1. The smallest absolute Gasteiger partial charge is 0.264 e. The van der Waals surface area contributed by atoms with Crippen LogP contribution in [0.25, 0.3) is 0 Å². The fourth-order valence-electron chi connectivity index (χ4n) is 6.86. The highest BCUT2D eigenvalue weighted by atomic mass is 35.5. The Morgan fingerprint density at radius 3 is 2.61 bits per heavy atom. The molecule has 2 aromatic carbocycles. The van der Waals surface area contributed by atoms with E-state index in [1.54, 1.807) is 31.2 Å². The van der Waals surface area contributed by atoms with Gasteiger partial charge in [0.1, 0.15) is 11.6 Å². The molecule has 6 nitrogen and oxygen atoms in total. The average molecular weight is 601 g/mol. The SMILES string of the molecule is C[C@@H]1[C@@H](C)S(=O)(=O)NC(=O)c2ccc3c(c2)N(Cc2ccc(Cl)c(F)c2CCCCO3)C[C@@H]2CC[C@H]2CC2=C[C@H]1C2. The molecule has 5 aliphatic rings. The van der Waals surface area contributed by atoms with Crippen LogP contribution in [0, 0.1) is 29.5 Å². The van der Waals surface area contributed by atoms with Crippen molar-refractivity contribution in [2.75, 3.05) is 18.1 Å². The van der Waals surface area contributed by atoms with Crippen LogP contribution >= 0.6 is 11.6 Å². The van der Waals surface area contributed by atoms with Gasteiger partial charge in [-0.2, -0.15) is 0 Å². The number of halogens is 2. The summed E-state index contributed by atoms with van der Waals surface area (Å²) in [5.74, 6) is 0.722. The number of benzene rings is 2. The Morgan fingerprint density at radius 2 is 1.85 bits per heavy atom. The summed E-state index contributed by atoms with van der Waals surface area (Å²) >= 11 is 6.20. The van der Waals surface area contributed by atoms with Crippen LogP contribution in [0.1, 0.15) is 73.9 Å². The van der Waals surface area contributed by atoms with Crippen molar-refractivity contribution in [1.29, 1.82) is 0 Å². The molecule has 0 aromatic heterocycles. The standard InChI is InChI=1S/C32H38ClFN2O4S/c1-19-20(2)41(38,39)35-32(37)23-9-11-30-29(16-23)36(17-24-7-6-22(24)13-21-14-26(19)15-21)18-25-8-10-28(33)31(34)27(25)5-3-4-12-40-30/h8-11,14,16,19-20,22,24,26H,3-7,12-13,15,17-18H2,1-2H3,(H,35,37)/t19-,20-,22+,24+,26+/m1/s1. The average Bonchev–Trinajstić information content (AvgIpc) is 2.94. The number of carbonyl (C=O) groups excluding carboxylic acids is 1. The normalized spacial score (nSPS) is 29.7. The van der Waals surface area contributed by atoms with Gasteiger partial charge in [0.2, 0.25) is 10.0 Å². The summed E-state index contributed by atoms with van der Waals surface area (Å²) in [5.41, 5.74) is 3.88. The van der Waals surface area contributed by atoms with Crippen LogP contribution in [0.3, 0.4) is 0 Å². The Morgan fingerprint density at radius 1 is 1.07 bits per heavy atom. The van der Waals surface area contributed by atoms with E-state index in [0.29, 0.717) is 42.7 Å². The number of hydrogen-bond donors (Lipinski definition) is 1. The number of allylic oxidation sites excluding steroid dienone is 2. The lowest BCUT2D eigenvalue weighted by Gasteiger charge is -2.43. The summed E-state index contributed by atoms with van der Waals surface area (Å²) in [6, 6.07) is 8.64. The highest BCUT2D eigenvalue weighted by Gasteiger charge is 2.39. The van der Waals surface area contributed by atoms with Crippen LogP contribution in [-0.4, -0.2) is 32.7 Å². The predicted octanol–water partition coefficient (Wildman–Crippen LogP) is 6.66. The first-order valence-electron chi connectivity index (χ1n) is 14.8. The van der Waals surface area contributed by atoms with Crippen molar-refractivity contribution >= 4 is 33.2 Å². The van der Waals surface area contributed by atoms with Crippen LogP contribution in [0.4, 0.5) is 10.1 Å². The van der Waals surface area contributed by atoms with E-state index in [1.165, 1.54) is 5.57 Å². The van der Waals surface area contributed by atoms with Crippen molar-refractivity contribution in [1.82, 2.24) is 4.72 Å². The van der Waals surface area contributed by atoms with Gasteiger partial charge in [-0.05, 0) is 111 Å². The van der Waals surface area contributed by atoms with E-state index < -0.39 is 21.2 Å². The van der Waals surface area contributed by atoms with Crippen LogP contribution in [0.5, 0.6) is 5.75 Å². The number of carbonyl (C=O) groups is 1. The molecule has 0 unspecified atom stereocenters. The molecule has 4 bridgehead atoms. The largest absolute Gasteiger partial charge is 0.491 e. The third-order valence-electron chi connectivity index (χ3n) is 9.94. The topological polar surface area (TPSA) is 75.7 Å². The number of rotatable bonds is 0. The number of sulfonamides is 1. The first-order valence-corrected chi connectivity index (χ1v) is 16.8. The van der Waals surface area contributed by atoms with E-state index in [9.17, 15) is 13.2 Å². The Labute approximate surface area is 247 Å². The summed E-state index contributed by atoms with van der Waals surface area (Å²) in [7, 11) is -3.89. The molecule has 1 fully saturated rings. The Bertz CT molecular complexity index is 1490. The molecule has 3 aliphatic heterocycles. The fourth-order valence-corrected chi connectivity index (χ4v) is 8.36. The third-order valence-corrected chi connectivity index (χ3v) is 12.1. The minimum atomic E-state index is -3.89. The van der Waals surface area contributed by atoms with Crippen molar-refractivity contribution in [3.8, 4) is 5.75 Å². The van der Waals surface area contributed by atoms with Crippen molar-refractivity contribution < 1.29 is 22.3 Å². The van der Waals surface area contributed by atoms with Crippen LogP contribution in [-0.2, 0) is 23.0 Å². The van der Waals surface area contributed by atoms with Crippen molar-refractivity contribution in [2.45, 2.75) is 70.6 Å². The first-order chi connectivity index (χ1) is 19.6. The molecule has 3 heterocycles. The number of nitrogens with zero attached hydrogens (tertiary/aromatic N) is 1. The molecular formula is C32H38ClFN2O4S. The second-order valence-electron chi connectivity index (χ2n) is 12.4.